The van der Waals surface area contributed by atoms with Gasteiger partial charge < -0.3 is 14.2 Å². The molecule has 0 aliphatic carbocycles. The van der Waals surface area contributed by atoms with E-state index in [1.54, 1.807) is 24.3 Å². The van der Waals surface area contributed by atoms with Crippen LogP contribution in [-0.4, -0.2) is 49.0 Å². The van der Waals surface area contributed by atoms with Gasteiger partial charge in [0.1, 0.15) is 11.5 Å². The number of amides is 1. The molecule has 0 aromatic heterocycles. The van der Waals surface area contributed by atoms with Crippen molar-refractivity contribution in [2.45, 2.75) is 13.3 Å². The Balaban J connectivity index is 1.42. The predicted molar refractivity (Wildman–Crippen MR) is 103 cm³/mol. The van der Waals surface area contributed by atoms with Gasteiger partial charge in [-0.15, -0.1) is 0 Å². The summed E-state index contributed by atoms with van der Waals surface area (Å²) in [6.45, 7) is 2.31. The van der Waals surface area contributed by atoms with E-state index in [-0.39, 0.29) is 19.1 Å². The highest BCUT2D eigenvalue weighted by Crippen LogP contribution is 2.17. The first-order chi connectivity index (χ1) is 13.7. The van der Waals surface area contributed by atoms with Crippen molar-refractivity contribution in [1.29, 1.82) is 0 Å². The van der Waals surface area contributed by atoms with E-state index in [0.717, 1.165) is 17.0 Å². The van der Waals surface area contributed by atoms with Gasteiger partial charge in [0, 0.05) is 6.42 Å². The SMILES string of the molecule is CCOc1ccc(OCC(=O)OCC(=O)N2CCC(c3ccccc3)=N2)cc1. The average molecular weight is 382 g/mol. The normalized spacial score (nSPS) is 13.0. The minimum atomic E-state index is -0.617. The zero-order valence-electron chi connectivity index (χ0n) is 15.7. The summed E-state index contributed by atoms with van der Waals surface area (Å²) >= 11 is 0. The summed E-state index contributed by atoms with van der Waals surface area (Å²) in [6.07, 6.45) is 0.671. The molecule has 146 valence electrons. The summed E-state index contributed by atoms with van der Waals surface area (Å²) in [5.74, 6) is 0.265. The Morgan fingerprint density at radius 2 is 1.64 bits per heavy atom. The van der Waals surface area contributed by atoms with E-state index in [1.165, 1.54) is 5.01 Å². The molecule has 2 aromatic rings. The quantitative estimate of drug-likeness (QED) is 0.656. The molecule has 0 N–H and O–H groups in total. The van der Waals surface area contributed by atoms with Crippen LogP contribution >= 0.6 is 0 Å². The maximum Gasteiger partial charge on any atom is 0.344 e. The second-order valence-electron chi connectivity index (χ2n) is 6.03. The minimum absolute atomic E-state index is 0.278. The van der Waals surface area contributed by atoms with Gasteiger partial charge in [0.25, 0.3) is 5.91 Å². The Bertz CT molecular complexity index is 834. The first kappa shape index (κ1) is 19.4. The van der Waals surface area contributed by atoms with Gasteiger partial charge in [-0.05, 0) is 36.8 Å². The molecule has 0 fully saturated rings. The van der Waals surface area contributed by atoms with E-state index >= 15 is 0 Å². The van der Waals surface area contributed by atoms with Crippen LogP contribution in [0, 0.1) is 0 Å². The maximum atomic E-state index is 12.2. The molecule has 2 aromatic carbocycles. The standard InChI is InChI=1S/C21H22N2O5/c1-2-26-17-8-10-18(11-9-17)27-15-21(25)28-14-20(24)23-13-12-19(22-23)16-6-4-3-5-7-16/h3-11H,2,12-15H2,1H3. The summed E-state index contributed by atoms with van der Waals surface area (Å²) in [6, 6.07) is 16.6. The lowest BCUT2D eigenvalue weighted by Gasteiger charge is -2.12. The fraction of sp³-hybridized carbons (Fsp3) is 0.286. The lowest BCUT2D eigenvalue weighted by atomic mass is 10.1. The molecule has 1 heterocycles. The number of esters is 1. The predicted octanol–water partition coefficient (Wildman–Crippen LogP) is 2.64. The summed E-state index contributed by atoms with van der Waals surface area (Å²) < 4.78 is 15.7. The number of ether oxygens (including phenoxy) is 3. The van der Waals surface area contributed by atoms with Crippen molar-refractivity contribution in [2.75, 3.05) is 26.4 Å². The van der Waals surface area contributed by atoms with Gasteiger partial charge in [-0.25, -0.2) is 9.80 Å². The Hall–Kier alpha value is -3.35. The highest BCUT2D eigenvalue weighted by molar-refractivity contribution is 6.02. The van der Waals surface area contributed by atoms with Crippen LogP contribution in [0.25, 0.3) is 0 Å². The number of benzene rings is 2. The van der Waals surface area contributed by atoms with Crippen LogP contribution in [-0.2, 0) is 14.3 Å². The first-order valence-corrected chi connectivity index (χ1v) is 9.10. The zero-order valence-corrected chi connectivity index (χ0v) is 15.7. The van der Waals surface area contributed by atoms with Gasteiger partial charge in [-0.1, -0.05) is 30.3 Å². The van der Waals surface area contributed by atoms with E-state index in [1.807, 2.05) is 37.3 Å². The summed E-state index contributed by atoms with van der Waals surface area (Å²) in [4.78, 5) is 24.0. The number of rotatable bonds is 8. The van der Waals surface area contributed by atoms with E-state index in [2.05, 4.69) is 5.10 Å². The highest BCUT2D eigenvalue weighted by atomic mass is 16.6. The molecule has 0 saturated heterocycles. The van der Waals surface area contributed by atoms with Crippen LogP contribution in [0.4, 0.5) is 0 Å². The topological polar surface area (TPSA) is 77.4 Å². The van der Waals surface area contributed by atoms with E-state index < -0.39 is 5.97 Å². The molecule has 1 aliphatic rings. The highest BCUT2D eigenvalue weighted by Gasteiger charge is 2.22. The Kier molecular flexibility index (Phi) is 6.62. The third-order valence-electron chi connectivity index (χ3n) is 4.04. The van der Waals surface area contributed by atoms with Crippen LogP contribution in [0.3, 0.4) is 0 Å². The molecule has 0 bridgehead atoms. The molecule has 7 nitrogen and oxygen atoms in total. The molecule has 28 heavy (non-hydrogen) atoms. The van der Waals surface area contributed by atoms with Crippen LogP contribution in [0.15, 0.2) is 59.7 Å². The molecule has 1 aliphatic heterocycles. The first-order valence-electron chi connectivity index (χ1n) is 9.10. The van der Waals surface area contributed by atoms with Crippen molar-refractivity contribution in [3.05, 3.63) is 60.2 Å². The number of hydrogen-bond donors (Lipinski definition) is 0. The van der Waals surface area contributed by atoms with Gasteiger partial charge >= 0.3 is 5.97 Å². The molecule has 7 heteroatoms. The zero-order chi connectivity index (χ0) is 19.8. The number of nitrogens with zero attached hydrogens (tertiary/aromatic N) is 2. The molecule has 0 spiro atoms. The minimum Gasteiger partial charge on any atom is -0.494 e. The number of hydrazone groups is 1. The monoisotopic (exact) mass is 382 g/mol. The number of carbonyl (C=O) groups excluding carboxylic acids is 2. The van der Waals surface area contributed by atoms with Crippen molar-refractivity contribution in [3.63, 3.8) is 0 Å². The van der Waals surface area contributed by atoms with Gasteiger partial charge in [0.15, 0.2) is 13.2 Å². The Morgan fingerprint density at radius 3 is 2.32 bits per heavy atom. The fourth-order valence-corrected chi connectivity index (χ4v) is 2.67. The largest absolute Gasteiger partial charge is 0.494 e. The third kappa shape index (κ3) is 5.33. The summed E-state index contributed by atoms with van der Waals surface area (Å²) in [5.41, 5.74) is 1.83. The molecule has 0 radical (unpaired) electrons. The van der Waals surface area contributed by atoms with E-state index in [4.69, 9.17) is 14.2 Å². The van der Waals surface area contributed by atoms with Gasteiger partial charge in [0.2, 0.25) is 0 Å². The molecule has 0 unspecified atom stereocenters. The van der Waals surface area contributed by atoms with Crippen LogP contribution in [0.1, 0.15) is 18.9 Å². The summed E-state index contributed by atoms with van der Waals surface area (Å²) in [5, 5.41) is 5.66. The molecule has 0 atom stereocenters. The second-order valence-corrected chi connectivity index (χ2v) is 6.03. The van der Waals surface area contributed by atoms with Crippen molar-refractivity contribution < 1.29 is 23.8 Å². The van der Waals surface area contributed by atoms with Crippen LogP contribution in [0.5, 0.6) is 11.5 Å². The van der Waals surface area contributed by atoms with Crippen molar-refractivity contribution in [2.24, 2.45) is 5.10 Å². The fourth-order valence-electron chi connectivity index (χ4n) is 2.67. The van der Waals surface area contributed by atoms with Gasteiger partial charge in [-0.3, -0.25) is 4.79 Å². The van der Waals surface area contributed by atoms with Crippen molar-refractivity contribution >= 4 is 17.6 Å². The smallest absolute Gasteiger partial charge is 0.344 e. The number of hydrogen-bond acceptors (Lipinski definition) is 6. The van der Waals surface area contributed by atoms with Crippen LogP contribution in [0.2, 0.25) is 0 Å². The lowest BCUT2D eigenvalue weighted by molar-refractivity contribution is -0.153. The van der Waals surface area contributed by atoms with Crippen molar-refractivity contribution in [1.82, 2.24) is 5.01 Å². The Morgan fingerprint density at radius 1 is 0.964 bits per heavy atom. The molecule has 0 saturated carbocycles. The molecule has 3 rings (SSSR count). The summed E-state index contributed by atoms with van der Waals surface area (Å²) in [7, 11) is 0. The van der Waals surface area contributed by atoms with Gasteiger partial charge in [-0.2, -0.15) is 5.10 Å². The van der Waals surface area contributed by atoms with E-state index in [0.29, 0.717) is 25.3 Å². The average Bonchev–Trinajstić information content (AvgIpc) is 3.23. The van der Waals surface area contributed by atoms with E-state index in [9.17, 15) is 9.59 Å². The maximum absolute atomic E-state index is 12.2. The lowest BCUT2D eigenvalue weighted by Crippen LogP contribution is -2.29. The molecular weight excluding hydrogens is 360 g/mol. The Labute approximate surface area is 163 Å². The second kappa shape index (κ2) is 9.55. The van der Waals surface area contributed by atoms with Gasteiger partial charge in [0.05, 0.1) is 18.9 Å². The van der Waals surface area contributed by atoms with Crippen molar-refractivity contribution in [3.8, 4) is 11.5 Å². The number of carbonyl (C=O) groups is 2. The molecular formula is C21H22N2O5. The van der Waals surface area contributed by atoms with Crippen LogP contribution < -0.4 is 9.47 Å². The molecule has 1 amide bonds. The third-order valence-corrected chi connectivity index (χ3v) is 4.04.